The fourth-order valence-corrected chi connectivity index (χ4v) is 2.09. The zero-order chi connectivity index (χ0) is 13.4. The molecule has 94 valence electrons. The van der Waals surface area contributed by atoms with E-state index in [0.717, 1.165) is 0 Å². The van der Waals surface area contributed by atoms with E-state index in [2.05, 4.69) is 5.10 Å². The molecular weight excluding hydrogens is 279 g/mol. The third kappa shape index (κ3) is 2.00. The van der Waals surface area contributed by atoms with Gasteiger partial charge in [0.2, 0.25) is 5.82 Å². The first-order valence-electron chi connectivity index (χ1n) is 4.86. The Morgan fingerprint density at radius 2 is 2.11 bits per heavy atom. The average molecular weight is 287 g/mol. The Labute approximate surface area is 112 Å². The van der Waals surface area contributed by atoms with Gasteiger partial charge in [0.15, 0.2) is 0 Å². The Kier molecular flexibility index (Phi) is 3.14. The first-order chi connectivity index (χ1) is 8.41. The molecule has 0 fully saturated rings. The Morgan fingerprint density at radius 3 is 2.61 bits per heavy atom. The summed E-state index contributed by atoms with van der Waals surface area (Å²) in [6.45, 7) is 1.51. The minimum atomic E-state index is -0.571. The van der Waals surface area contributed by atoms with Gasteiger partial charge in [-0.1, -0.05) is 23.2 Å². The van der Waals surface area contributed by atoms with E-state index in [-0.39, 0.29) is 17.2 Å². The van der Waals surface area contributed by atoms with Crippen LogP contribution in [0, 0.1) is 17.0 Å². The largest absolute Gasteiger partial charge is 0.378 e. The third-order valence-electron chi connectivity index (χ3n) is 2.38. The van der Waals surface area contributed by atoms with E-state index < -0.39 is 4.92 Å². The van der Waals surface area contributed by atoms with Crippen molar-refractivity contribution < 1.29 is 4.92 Å². The quantitative estimate of drug-likeness (QED) is 0.679. The van der Waals surface area contributed by atoms with Crippen molar-refractivity contribution in [3.8, 4) is 5.69 Å². The normalized spacial score (nSPS) is 10.6. The maximum Gasteiger partial charge on any atom is 0.333 e. The Hall–Kier alpha value is -1.79. The van der Waals surface area contributed by atoms with E-state index in [9.17, 15) is 10.1 Å². The summed E-state index contributed by atoms with van der Waals surface area (Å²) in [6.07, 6.45) is 0. The number of nitrogens with zero attached hydrogens (tertiary/aromatic N) is 3. The van der Waals surface area contributed by atoms with Gasteiger partial charge in [0.25, 0.3) is 0 Å². The molecule has 0 atom stereocenters. The third-order valence-corrected chi connectivity index (χ3v) is 2.92. The van der Waals surface area contributed by atoms with E-state index in [0.29, 0.717) is 15.7 Å². The van der Waals surface area contributed by atoms with Gasteiger partial charge in [-0.05, 0) is 25.1 Å². The molecule has 1 heterocycles. The highest BCUT2D eigenvalue weighted by atomic mass is 35.5. The zero-order valence-electron chi connectivity index (χ0n) is 9.22. The maximum absolute atomic E-state index is 10.8. The van der Waals surface area contributed by atoms with Crippen LogP contribution in [0.15, 0.2) is 18.2 Å². The van der Waals surface area contributed by atoms with Gasteiger partial charge >= 0.3 is 5.69 Å². The van der Waals surface area contributed by atoms with Crippen LogP contribution in [-0.2, 0) is 0 Å². The molecule has 0 unspecified atom stereocenters. The second kappa shape index (κ2) is 4.47. The van der Waals surface area contributed by atoms with Crippen LogP contribution in [0.3, 0.4) is 0 Å². The van der Waals surface area contributed by atoms with E-state index in [1.54, 1.807) is 12.1 Å². The second-order valence-corrected chi connectivity index (χ2v) is 4.43. The van der Waals surface area contributed by atoms with Crippen molar-refractivity contribution in [3.63, 3.8) is 0 Å². The molecule has 2 rings (SSSR count). The van der Waals surface area contributed by atoms with Crippen molar-refractivity contribution >= 4 is 34.7 Å². The van der Waals surface area contributed by atoms with E-state index in [1.165, 1.54) is 17.7 Å². The number of benzene rings is 1. The van der Waals surface area contributed by atoms with Crippen molar-refractivity contribution in [2.24, 2.45) is 0 Å². The number of aryl methyl sites for hydroxylation is 1. The molecule has 0 amide bonds. The molecule has 0 aliphatic heterocycles. The topological polar surface area (TPSA) is 87.0 Å². The van der Waals surface area contributed by atoms with Crippen molar-refractivity contribution in [2.75, 3.05) is 5.73 Å². The van der Waals surface area contributed by atoms with E-state index in [1.807, 2.05) is 0 Å². The van der Waals surface area contributed by atoms with Crippen molar-refractivity contribution in [2.45, 2.75) is 6.92 Å². The summed E-state index contributed by atoms with van der Waals surface area (Å²) >= 11 is 11.8. The van der Waals surface area contributed by atoms with Crippen LogP contribution in [0.25, 0.3) is 5.69 Å². The first kappa shape index (κ1) is 12.7. The highest BCUT2D eigenvalue weighted by molar-refractivity contribution is 6.35. The molecular formula is C10H8Cl2N4O2. The highest BCUT2D eigenvalue weighted by Gasteiger charge is 2.24. The number of nitro groups is 1. The van der Waals surface area contributed by atoms with Gasteiger partial charge in [-0.15, -0.1) is 0 Å². The number of hydrogen-bond acceptors (Lipinski definition) is 4. The van der Waals surface area contributed by atoms with Crippen LogP contribution in [0.2, 0.25) is 10.0 Å². The summed E-state index contributed by atoms with van der Waals surface area (Å²) in [7, 11) is 0. The van der Waals surface area contributed by atoms with Gasteiger partial charge in [-0.2, -0.15) is 5.10 Å². The lowest BCUT2D eigenvalue weighted by Gasteiger charge is -2.05. The Balaban J connectivity index is 2.65. The summed E-state index contributed by atoms with van der Waals surface area (Å²) < 4.78 is 1.23. The zero-order valence-corrected chi connectivity index (χ0v) is 10.7. The fourth-order valence-electron chi connectivity index (χ4n) is 1.60. The molecule has 6 nitrogen and oxygen atoms in total. The molecule has 0 spiro atoms. The maximum atomic E-state index is 10.8. The average Bonchev–Trinajstić information content (AvgIpc) is 2.54. The standard InChI is InChI=1S/C10H8Cl2N4O2/c1-5-9(16(17)18)10(13)15(14-5)8-3-2-6(11)4-7(8)12/h2-4H,13H2,1H3. The number of halogens is 2. The van der Waals surface area contributed by atoms with Crippen molar-refractivity contribution in [1.82, 2.24) is 9.78 Å². The Bertz CT molecular complexity index is 639. The number of anilines is 1. The van der Waals surface area contributed by atoms with Crippen LogP contribution in [0.5, 0.6) is 0 Å². The second-order valence-electron chi connectivity index (χ2n) is 3.58. The summed E-state index contributed by atoms with van der Waals surface area (Å²) in [4.78, 5) is 10.3. The van der Waals surface area contributed by atoms with Gasteiger partial charge in [0.05, 0.1) is 15.6 Å². The van der Waals surface area contributed by atoms with Gasteiger partial charge in [0, 0.05) is 5.02 Å². The van der Waals surface area contributed by atoms with Gasteiger partial charge in [0.1, 0.15) is 5.69 Å². The fraction of sp³-hybridized carbons (Fsp3) is 0.100. The molecule has 0 saturated heterocycles. The van der Waals surface area contributed by atoms with Crippen LogP contribution in [-0.4, -0.2) is 14.7 Å². The number of aromatic nitrogens is 2. The molecule has 2 aromatic rings. The smallest absolute Gasteiger partial charge is 0.333 e. The van der Waals surface area contributed by atoms with Crippen LogP contribution >= 0.6 is 23.2 Å². The lowest BCUT2D eigenvalue weighted by molar-refractivity contribution is -0.384. The van der Waals surface area contributed by atoms with Crippen LogP contribution < -0.4 is 5.73 Å². The lowest BCUT2D eigenvalue weighted by atomic mass is 10.3. The predicted octanol–water partition coefficient (Wildman–Crippen LogP) is 2.98. The monoisotopic (exact) mass is 286 g/mol. The number of nitrogens with two attached hydrogens (primary N) is 1. The van der Waals surface area contributed by atoms with Crippen molar-refractivity contribution in [1.29, 1.82) is 0 Å². The van der Waals surface area contributed by atoms with Gasteiger partial charge in [-0.25, -0.2) is 4.68 Å². The summed E-state index contributed by atoms with van der Waals surface area (Å²) in [5, 5.41) is 15.6. The summed E-state index contributed by atoms with van der Waals surface area (Å²) in [5.41, 5.74) is 6.16. The molecule has 1 aromatic heterocycles. The summed E-state index contributed by atoms with van der Waals surface area (Å²) in [5.74, 6) is -0.0678. The highest BCUT2D eigenvalue weighted by Crippen LogP contribution is 2.31. The molecule has 2 N–H and O–H groups in total. The molecule has 0 bridgehead atoms. The van der Waals surface area contributed by atoms with Crippen LogP contribution in [0.4, 0.5) is 11.5 Å². The predicted molar refractivity (Wildman–Crippen MR) is 69.4 cm³/mol. The number of rotatable bonds is 2. The molecule has 0 aliphatic carbocycles. The minimum Gasteiger partial charge on any atom is -0.378 e. The molecule has 0 saturated carbocycles. The van der Waals surface area contributed by atoms with E-state index in [4.69, 9.17) is 28.9 Å². The molecule has 18 heavy (non-hydrogen) atoms. The minimum absolute atomic E-state index is 0.0678. The van der Waals surface area contributed by atoms with Crippen molar-refractivity contribution in [3.05, 3.63) is 44.1 Å². The molecule has 1 aromatic carbocycles. The number of hydrogen-bond donors (Lipinski definition) is 1. The SMILES string of the molecule is Cc1nn(-c2ccc(Cl)cc2Cl)c(N)c1[N+](=O)[O-]. The molecule has 0 radical (unpaired) electrons. The molecule has 0 aliphatic rings. The van der Waals surface area contributed by atoms with Crippen LogP contribution in [0.1, 0.15) is 5.69 Å². The lowest BCUT2D eigenvalue weighted by Crippen LogP contribution is -2.03. The number of nitrogen functional groups attached to an aromatic ring is 1. The first-order valence-corrected chi connectivity index (χ1v) is 5.62. The van der Waals surface area contributed by atoms with Gasteiger partial charge < -0.3 is 5.73 Å². The molecule has 8 heteroatoms. The Morgan fingerprint density at radius 1 is 1.44 bits per heavy atom. The van der Waals surface area contributed by atoms with E-state index >= 15 is 0 Å². The summed E-state index contributed by atoms with van der Waals surface area (Å²) in [6, 6.07) is 4.71. The van der Waals surface area contributed by atoms with Gasteiger partial charge in [-0.3, -0.25) is 10.1 Å².